The molecule has 0 amide bonds. The van der Waals surface area contributed by atoms with Crippen LogP contribution in [0, 0.1) is 0 Å². The molecule has 2 N–H and O–H groups in total. The van der Waals surface area contributed by atoms with Crippen molar-refractivity contribution in [3.05, 3.63) is 22.2 Å². The molecule has 0 aromatic heterocycles. The number of hydrogen-bond acceptors (Lipinski definition) is 5. The van der Waals surface area contributed by atoms with Crippen LogP contribution in [0.3, 0.4) is 0 Å². The average Bonchev–Trinajstić information content (AvgIpc) is 2.38. The number of ether oxygens (including phenoxy) is 3. The Morgan fingerprint density at radius 1 is 1.50 bits per heavy atom. The van der Waals surface area contributed by atoms with Crippen LogP contribution < -0.4 is 15.2 Å². The van der Waals surface area contributed by atoms with Gasteiger partial charge in [0, 0.05) is 0 Å². The van der Waals surface area contributed by atoms with E-state index in [-0.39, 0.29) is 0 Å². The maximum atomic E-state index is 11.6. The molecule has 1 unspecified atom stereocenters. The second-order valence-corrected chi connectivity index (χ2v) is 4.61. The molecule has 0 spiro atoms. The molecule has 0 aliphatic carbocycles. The molecule has 18 heavy (non-hydrogen) atoms. The number of hydrogen-bond donors (Lipinski definition) is 1. The number of nitrogens with two attached hydrogens (primary N) is 1. The third kappa shape index (κ3) is 2.59. The Kier molecular flexibility index (Phi) is 4.08. The summed E-state index contributed by atoms with van der Waals surface area (Å²) in [5.41, 5.74) is 6.46. The molecular weight excluding hydrogens is 302 g/mol. The molecule has 1 atom stereocenters. The monoisotopic (exact) mass is 315 g/mol. The van der Waals surface area contributed by atoms with Crippen LogP contribution in [0.5, 0.6) is 11.5 Å². The van der Waals surface area contributed by atoms with Gasteiger partial charge in [-0.25, -0.2) is 4.79 Å². The predicted molar refractivity (Wildman–Crippen MR) is 68.7 cm³/mol. The van der Waals surface area contributed by atoms with E-state index in [9.17, 15) is 4.79 Å². The lowest BCUT2D eigenvalue weighted by Gasteiger charge is -2.21. The number of rotatable bonds is 3. The van der Waals surface area contributed by atoms with Gasteiger partial charge in [0.05, 0.1) is 11.1 Å². The van der Waals surface area contributed by atoms with Crippen molar-refractivity contribution >= 4 is 21.9 Å². The van der Waals surface area contributed by atoms with Crippen LogP contribution in [0.1, 0.15) is 18.5 Å². The van der Waals surface area contributed by atoms with Crippen molar-refractivity contribution in [2.45, 2.75) is 13.0 Å². The van der Waals surface area contributed by atoms with Gasteiger partial charge < -0.3 is 19.9 Å². The zero-order valence-corrected chi connectivity index (χ0v) is 11.5. The second-order valence-electron chi connectivity index (χ2n) is 3.76. The Balaban J connectivity index is 2.29. The molecule has 0 saturated carbocycles. The third-order valence-corrected chi connectivity index (χ3v) is 3.11. The summed E-state index contributed by atoms with van der Waals surface area (Å²) in [6.07, 6.45) is 0. The molecule has 0 saturated heterocycles. The highest BCUT2D eigenvalue weighted by Gasteiger charge is 2.22. The van der Waals surface area contributed by atoms with Crippen molar-refractivity contribution in [2.75, 3.05) is 19.8 Å². The Bertz CT molecular complexity index is 464. The Morgan fingerprint density at radius 2 is 2.22 bits per heavy atom. The van der Waals surface area contributed by atoms with Gasteiger partial charge in [-0.15, -0.1) is 0 Å². The third-order valence-electron chi connectivity index (χ3n) is 2.52. The Labute approximate surface area is 113 Å². The molecule has 2 rings (SSSR count). The Morgan fingerprint density at radius 3 is 2.94 bits per heavy atom. The highest BCUT2D eigenvalue weighted by molar-refractivity contribution is 9.10. The fraction of sp³-hybridized carbons (Fsp3) is 0.417. The van der Waals surface area contributed by atoms with E-state index < -0.39 is 12.0 Å². The Hall–Kier alpha value is -1.27. The van der Waals surface area contributed by atoms with Gasteiger partial charge in [-0.1, -0.05) is 0 Å². The normalized spacial score (nSPS) is 15.1. The summed E-state index contributed by atoms with van der Waals surface area (Å²) < 4.78 is 16.5. The fourth-order valence-corrected chi connectivity index (χ4v) is 2.25. The maximum Gasteiger partial charge on any atom is 0.327 e. The fourth-order valence-electron chi connectivity index (χ4n) is 1.68. The first-order valence-corrected chi connectivity index (χ1v) is 6.44. The molecular formula is C12H14BrNO4. The summed E-state index contributed by atoms with van der Waals surface area (Å²) >= 11 is 3.38. The highest BCUT2D eigenvalue weighted by Crippen LogP contribution is 2.39. The molecule has 1 aliphatic heterocycles. The topological polar surface area (TPSA) is 70.8 Å². The molecule has 1 aromatic rings. The number of carbonyl (C=O) groups excluding carboxylic acids is 1. The zero-order valence-electron chi connectivity index (χ0n) is 9.94. The van der Waals surface area contributed by atoms with Crippen LogP contribution in [0.15, 0.2) is 16.6 Å². The van der Waals surface area contributed by atoms with E-state index in [2.05, 4.69) is 15.9 Å². The summed E-state index contributed by atoms with van der Waals surface area (Å²) in [6, 6.07) is 2.63. The largest absolute Gasteiger partial charge is 0.486 e. The van der Waals surface area contributed by atoms with Gasteiger partial charge in [0.25, 0.3) is 0 Å². The quantitative estimate of drug-likeness (QED) is 0.861. The zero-order chi connectivity index (χ0) is 13.1. The number of carbonyl (C=O) groups is 1. The van der Waals surface area contributed by atoms with Crippen LogP contribution >= 0.6 is 15.9 Å². The summed E-state index contributed by atoms with van der Waals surface area (Å²) in [4.78, 5) is 11.6. The lowest BCUT2D eigenvalue weighted by molar-refractivity contribution is -0.144. The van der Waals surface area contributed by atoms with E-state index >= 15 is 0 Å². The van der Waals surface area contributed by atoms with Crippen LogP contribution in [-0.4, -0.2) is 25.8 Å². The van der Waals surface area contributed by atoms with Crippen LogP contribution in [-0.2, 0) is 9.53 Å². The highest BCUT2D eigenvalue weighted by atomic mass is 79.9. The van der Waals surface area contributed by atoms with Crippen LogP contribution in [0.25, 0.3) is 0 Å². The molecule has 98 valence electrons. The molecule has 1 aliphatic rings. The molecule has 1 aromatic carbocycles. The number of halogens is 1. The van der Waals surface area contributed by atoms with Gasteiger partial charge in [-0.2, -0.15) is 0 Å². The van der Waals surface area contributed by atoms with Gasteiger partial charge >= 0.3 is 5.97 Å². The molecule has 1 heterocycles. The van der Waals surface area contributed by atoms with Gasteiger partial charge in [-0.05, 0) is 40.5 Å². The van der Waals surface area contributed by atoms with Crippen molar-refractivity contribution in [2.24, 2.45) is 5.73 Å². The van der Waals surface area contributed by atoms with E-state index in [4.69, 9.17) is 19.9 Å². The van der Waals surface area contributed by atoms with E-state index in [0.29, 0.717) is 36.9 Å². The first-order chi connectivity index (χ1) is 8.63. The summed E-state index contributed by atoms with van der Waals surface area (Å²) in [6.45, 7) is 3.04. The van der Waals surface area contributed by atoms with Gasteiger partial charge in [0.2, 0.25) is 0 Å². The molecule has 0 radical (unpaired) electrons. The second kappa shape index (κ2) is 5.58. The number of benzene rings is 1. The SMILES string of the molecule is CCOC(=O)C(N)c1cc(Br)c2c(c1)OCCO2. The summed E-state index contributed by atoms with van der Waals surface area (Å²) in [5, 5.41) is 0. The van der Waals surface area contributed by atoms with Crippen molar-refractivity contribution in [3.8, 4) is 11.5 Å². The first-order valence-electron chi connectivity index (χ1n) is 5.64. The predicted octanol–water partition coefficient (Wildman–Crippen LogP) is 1.78. The minimum atomic E-state index is -0.822. The average molecular weight is 316 g/mol. The summed E-state index contributed by atoms with van der Waals surface area (Å²) in [5.74, 6) is 0.771. The maximum absolute atomic E-state index is 11.6. The van der Waals surface area contributed by atoms with Crippen molar-refractivity contribution in [1.29, 1.82) is 0 Å². The standard InChI is InChI=1S/C12H14BrNO4/c1-2-16-12(15)10(14)7-5-8(13)11-9(6-7)17-3-4-18-11/h5-6,10H,2-4,14H2,1H3. The molecule has 5 nitrogen and oxygen atoms in total. The van der Waals surface area contributed by atoms with Crippen molar-refractivity contribution < 1.29 is 19.0 Å². The minimum absolute atomic E-state index is 0.304. The van der Waals surface area contributed by atoms with Gasteiger partial charge in [0.1, 0.15) is 19.3 Å². The first kappa shape index (κ1) is 13.2. The van der Waals surface area contributed by atoms with E-state index in [1.165, 1.54) is 0 Å². The van der Waals surface area contributed by atoms with Gasteiger partial charge in [0.15, 0.2) is 11.5 Å². The van der Waals surface area contributed by atoms with Crippen molar-refractivity contribution in [3.63, 3.8) is 0 Å². The molecule has 6 heteroatoms. The summed E-state index contributed by atoms with van der Waals surface area (Å²) in [7, 11) is 0. The lowest BCUT2D eigenvalue weighted by atomic mass is 10.1. The lowest BCUT2D eigenvalue weighted by Crippen LogP contribution is -2.24. The smallest absolute Gasteiger partial charge is 0.327 e. The van der Waals surface area contributed by atoms with Crippen molar-refractivity contribution in [1.82, 2.24) is 0 Å². The van der Waals surface area contributed by atoms with Crippen LogP contribution in [0.4, 0.5) is 0 Å². The molecule has 0 fully saturated rings. The van der Waals surface area contributed by atoms with Crippen LogP contribution in [0.2, 0.25) is 0 Å². The van der Waals surface area contributed by atoms with E-state index in [1.807, 2.05) is 0 Å². The molecule has 0 bridgehead atoms. The minimum Gasteiger partial charge on any atom is -0.486 e. The van der Waals surface area contributed by atoms with E-state index in [1.54, 1.807) is 19.1 Å². The van der Waals surface area contributed by atoms with Gasteiger partial charge in [-0.3, -0.25) is 0 Å². The number of esters is 1. The number of fused-ring (bicyclic) bond motifs is 1. The van der Waals surface area contributed by atoms with E-state index in [0.717, 1.165) is 4.47 Å².